The maximum atomic E-state index is 11.5. The van der Waals surface area contributed by atoms with Crippen molar-refractivity contribution >= 4 is 11.8 Å². The lowest BCUT2D eigenvalue weighted by Gasteiger charge is -2.23. The van der Waals surface area contributed by atoms with E-state index in [9.17, 15) is 4.79 Å². The second-order valence-electron chi connectivity index (χ2n) is 4.68. The highest BCUT2D eigenvalue weighted by atomic mass is 16.5. The molecular formula is C15H25N3O2. The number of anilines is 1. The minimum atomic E-state index is -0.331. The Balaban J connectivity index is 2.54. The molecule has 1 aromatic rings. The van der Waals surface area contributed by atoms with Gasteiger partial charge >= 0.3 is 5.97 Å². The molecule has 0 amide bonds. The third kappa shape index (κ3) is 5.17. The van der Waals surface area contributed by atoms with Crippen LogP contribution in [0, 0.1) is 0 Å². The quantitative estimate of drug-likeness (QED) is 0.741. The van der Waals surface area contributed by atoms with Crippen molar-refractivity contribution in [2.45, 2.75) is 33.7 Å². The Hall–Kier alpha value is -1.62. The van der Waals surface area contributed by atoms with Crippen molar-refractivity contribution in [2.75, 3.05) is 31.6 Å². The summed E-state index contributed by atoms with van der Waals surface area (Å²) < 4.78 is 4.92. The minimum Gasteiger partial charge on any atom is -0.462 e. The summed E-state index contributed by atoms with van der Waals surface area (Å²) >= 11 is 0. The number of aromatic nitrogens is 1. The van der Waals surface area contributed by atoms with Crippen LogP contribution >= 0.6 is 0 Å². The zero-order chi connectivity index (χ0) is 15.0. The van der Waals surface area contributed by atoms with Crippen LogP contribution in [-0.4, -0.2) is 48.1 Å². The molecule has 0 bridgehead atoms. The summed E-state index contributed by atoms with van der Waals surface area (Å²) in [5.41, 5.74) is 0.480. The van der Waals surface area contributed by atoms with E-state index in [0.717, 1.165) is 25.5 Å². The van der Waals surface area contributed by atoms with E-state index < -0.39 is 0 Å². The molecule has 20 heavy (non-hydrogen) atoms. The SMILES string of the molecule is CCOC(=O)c1ccc(NC(C)CN(CC)CC)nc1. The molecule has 112 valence electrons. The lowest BCUT2D eigenvalue weighted by molar-refractivity contribution is 0.0526. The van der Waals surface area contributed by atoms with E-state index in [0.29, 0.717) is 18.2 Å². The number of esters is 1. The van der Waals surface area contributed by atoms with Crippen molar-refractivity contribution in [3.63, 3.8) is 0 Å². The topological polar surface area (TPSA) is 54.5 Å². The molecular weight excluding hydrogens is 254 g/mol. The number of hydrogen-bond donors (Lipinski definition) is 1. The Morgan fingerprint density at radius 2 is 2.05 bits per heavy atom. The first-order chi connectivity index (χ1) is 9.60. The van der Waals surface area contributed by atoms with Crippen LogP contribution in [0.1, 0.15) is 38.1 Å². The Morgan fingerprint density at radius 1 is 1.35 bits per heavy atom. The van der Waals surface area contributed by atoms with Crippen LogP contribution in [0.4, 0.5) is 5.82 Å². The van der Waals surface area contributed by atoms with Gasteiger partial charge in [0.05, 0.1) is 12.2 Å². The maximum Gasteiger partial charge on any atom is 0.339 e. The van der Waals surface area contributed by atoms with E-state index in [2.05, 4.69) is 36.0 Å². The third-order valence-electron chi connectivity index (χ3n) is 3.10. The number of ether oxygens (including phenoxy) is 1. The highest BCUT2D eigenvalue weighted by molar-refractivity contribution is 5.89. The summed E-state index contributed by atoms with van der Waals surface area (Å²) in [5, 5.41) is 3.33. The molecule has 1 heterocycles. The number of likely N-dealkylation sites (N-methyl/N-ethyl adjacent to an activating group) is 1. The second-order valence-corrected chi connectivity index (χ2v) is 4.68. The molecule has 5 nitrogen and oxygen atoms in total. The number of carbonyl (C=O) groups is 1. The van der Waals surface area contributed by atoms with Crippen molar-refractivity contribution in [2.24, 2.45) is 0 Å². The number of pyridine rings is 1. The average Bonchev–Trinajstić information content (AvgIpc) is 2.45. The van der Waals surface area contributed by atoms with Crippen LogP contribution in [0.3, 0.4) is 0 Å². The van der Waals surface area contributed by atoms with Crippen LogP contribution in [0.15, 0.2) is 18.3 Å². The van der Waals surface area contributed by atoms with Gasteiger partial charge in [0.2, 0.25) is 0 Å². The normalized spacial score (nSPS) is 12.2. The van der Waals surface area contributed by atoms with Gasteiger partial charge in [0.25, 0.3) is 0 Å². The van der Waals surface area contributed by atoms with Gasteiger partial charge in [-0.3, -0.25) is 0 Å². The first kappa shape index (κ1) is 16.4. The molecule has 0 fully saturated rings. The molecule has 1 N–H and O–H groups in total. The lowest BCUT2D eigenvalue weighted by atomic mass is 10.2. The van der Waals surface area contributed by atoms with Gasteiger partial charge in [-0.05, 0) is 39.1 Å². The number of nitrogens with zero attached hydrogens (tertiary/aromatic N) is 2. The van der Waals surface area contributed by atoms with E-state index in [4.69, 9.17) is 4.74 Å². The highest BCUT2D eigenvalue weighted by Crippen LogP contribution is 2.08. The molecule has 0 radical (unpaired) electrons. The van der Waals surface area contributed by atoms with Gasteiger partial charge in [-0.2, -0.15) is 0 Å². The Bertz CT molecular complexity index is 402. The fourth-order valence-corrected chi connectivity index (χ4v) is 1.98. The summed E-state index contributed by atoms with van der Waals surface area (Å²) in [7, 11) is 0. The first-order valence-corrected chi connectivity index (χ1v) is 7.22. The van der Waals surface area contributed by atoms with E-state index in [1.807, 2.05) is 6.07 Å². The van der Waals surface area contributed by atoms with Crippen molar-refractivity contribution in [3.8, 4) is 0 Å². The summed E-state index contributed by atoms with van der Waals surface area (Å²) in [6.45, 7) is 11.6. The zero-order valence-electron chi connectivity index (χ0n) is 12.8. The Kier molecular flexibility index (Phi) is 7.01. The summed E-state index contributed by atoms with van der Waals surface area (Å²) in [4.78, 5) is 18.1. The number of rotatable bonds is 8. The maximum absolute atomic E-state index is 11.5. The summed E-state index contributed by atoms with van der Waals surface area (Å²) in [5.74, 6) is 0.445. The fraction of sp³-hybridized carbons (Fsp3) is 0.600. The van der Waals surface area contributed by atoms with Gasteiger partial charge in [-0.25, -0.2) is 9.78 Å². The molecule has 1 aromatic heterocycles. The smallest absolute Gasteiger partial charge is 0.339 e. The van der Waals surface area contributed by atoms with E-state index in [1.165, 1.54) is 0 Å². The second kappa shape index (κ2) is 8.53. The average molecular weight is 279 g/mol. The molecule has 0 spiro atoms. The predicted molar refractivity (Wildman–Crippen MR) is 81.1 cm³/mol. The molecule has 0 aliphatic heterocycles. The minimum absolute atomic E-state index is 0.302. The summed E-state index contributed by atoms with van der Waals surface area (Å²) in [6, 6.07) is 3.85. The van der Waals surface area contributed by atoms with Crippen molar-refractivity contribution < 1.29 is 9.53 Å². The standard InChI is InChI=1S/C15H25N3O2/c1-5-18(6-2)11-12(4)17-14-9-8-13(10-16-14)15(19)20-7-3/h8-10,12H,5-7,11H2,1-4H3,(H,16,17). The molecule has 0 aromatic carbocycles. The van der Waals surface area contributed by atoms with Gasteiger partial charge in [-0.15, -0.1) is 0 Å². The largest absolute Gasteiger partial charge is 0.462 e. The van der Waals surface area contributed by atoms with Crippen molar-refractivity contribution in [3.05, 3.63) is 23.9 Å². The molecule has 0 aliphatic carbocycles. The molecule has 1 atom stereocenters. The van der Waals surface area contributed by atoms with E-state index in [-0.39, 0.29) is 5.97 Å². The molecule has 0 saturated carbocycles. The molecule has 0 aliphatic rings. The summed E-state index contributed by atoms with van der Waals surface area (Å²) in [6.07, 6.45) is 1.55. The Labute approximate surface area is 121 Å². The Morgan fingerprint density at radius 3 is 2.55 bits per heavy atom. The number of hydrogen-bond acceptors (Lipinski definition) is 5. The van der Waals surface area contributed by atoms with Crippen LogP contribution in [0.25, 0.3) is 0 Å². The van der Waals surface area contributed by atoms with Gasteiger partial charge in [0.15, 0.2) is 0 Å². The number of nitrogens with one attached hydrogen (secondary N) is 1. The van der Waals surface area contributed by atoms with Crippen LogP contribution in [0.2, 0.25) is 0 Å². The fourth-order valence-electron chi connectivity index (χ4n) is 1.98. The van der Waals surface area contributed by atoms with Gasteiger partial charge in [0, 0.05) is 18.8 Å². The zero-order valence-corrected chi connectivity index (χ0v) is 12.8. The molecule has 1 unspecified atom stereocenters. The number of carbonyl (C=O) groups excluding carboxylic acids is 1. The lowest BCUT2D eigenvalue weighted by Crippen LogP contribution is -2.34. The van der Waals surface area contributed by atoms with Crippen LogP contribution < -0.4 is 5.32 Å². The van der Waals surface area contributed by atoms with Crippen LogP contribution in [-0.2, 0) is 4.74 Å². The van der Waals surface area contributed by atoms with Gasteiger partial charge in [-0.1, -0.05) is 13.8 Å². The molecule has 1 rings (SSSR count). The third-order valence-corrected chi connectivity index (χ3v) is 3.10. The monoisotopic (exact) mass is 279 g/mol. The van der Waals surface area contributed by atoms with Crippen molar-refractivity contribution in [1.29, 1.82) is 0 Å². The van der Waals surface area contributed by atoms with Crippen LogP contribution in [0.5, 0.6) is 0 Å². The van der Waals surface area contributed by atoms with E-state index >= 15 is 0 Å². The molecule has 0 saturated heterocycles. The highest BCUT2D eigenvalue weighted by Gasteiger charge is 2.09. The van der Waals surface area contributed by atoms with E-state index in [1.54, 1.807) is 19.2 Å². The predicted octanol–water partition coefficient (Wildman–Crippen LogP) is 2.40. The van der Waals surface area contributed by atoms with Gasteiger partial charge < -0.3 is 15.0 Å². The van der Waals surface area contributed by atoms with Gasteiger partial charge in [0.1, 0.15) is 5.82 Å². The molecule has 5 heteroatoms. The first-order valence-electron chi connectivity index (χ1n) is 7.22. The van der Waals surface area contributed by atoms with Crippen molar-refractivity contribution in [1.82, 2.24) is 9.88 Å².